The van der Waals surface area contributed by atoms with Crippen LogP contribution in [-0.2, 0) is 16.6 Å². The Morgan fingerprint density at radius 3 is 2.36 bits per heavy atom. The molecule has 0 saturated carbocycles. The van der Waals surface area contributed by atoms with Gasteiger partial charge >= 0.3 is 5.97 Å². The molecule has 1 unspecified atom stereocenters. The van der Waals surface area contributed by atoms with Crippen LogP contribution in [0.25, 0.3) is 0 Å². The first-order valence-corrected chi connectivity index (χ1v) is 13.6. The molecule has 0 aliphatic heterocycles. The molecule has 0 saturated heterocycles. The SMILES string of the molecule is CCCC(Nc1cc(C(C)C)c(S(=O)(=O)NCc2ccc(F)c(Cl)c2)cc1C(=O)O)c1ccccc1. The van der Waals surface area contributed by atoms with Crippen LogP contribution in [0.3, 0.4) is 0 Å². The first-order valence-electron chi connectivity index (χ1n) is 11.7. The molecule has 0 amide bonds. The van der Waals surface area contributed by atoms with Crippen molar-refractivity contribution in [1.29, 1.82) is 0 Å². The molecule has 9 heteroatoms. The summed E-state index contributed by atoms with van der Waals surface area (Å²) in [5, 5.41) is 13.2. The van der Waals surface area contributed by atoms with Gasteiger partial charge in [-0.05, 0) is 53.3 Å². The Morgan fingerprint density at radius 1 is 1.08 bits per heavy atom. The Kier molecular flexibility index (Phi) is 9.11. The smallest absolute Gasteiger partial charge is 0.337 e. The Hall–Kier alpha value is -2.94. The number of hydrogen-bond donors (Lipinski definition) is 3. The fourth-order valence-corrected chi connectivity index (χ4v) is 5.56. The molecule has 0 spiro atoms. The van der Waals surface area contributed by atoms with Crippen LogP contribution in [0, 0.1) is 5.82 Å². The van der Waals surface area contributed by atoms with Crippen LogP contribution in [0.2, 0.25) is 5.02 Å². The summed E-state index contributed by atoms with van der Waals surface area (Å²) in [5.74, 6) is -2.05. The molecule has 0 heterocycles. The number of halogens is 2. The van der Waals surface area contributed by atoms with Gasteiger partial charge in [-0.25, -0.2) is 22.3 Å². The second kappa shape index (κ2) is 11.9. The van der Waals surface area contributed by atoms with Crippen LogP contribution in [0.4, 0.5) is 10.1 Å². The predicted molar refractivity (Wildman–Crippen MR) is 141 cm³/mol. The lowest BCUT2D eigenvalue weighted by Gasteiger charge is -2.24. The van der Waals surface area contributed by atoms with E-state index < -0.39 is 21.8 Å². The molecule has 36 heavy (non-hydrogen) atoms. The molecular formula is C27H30ClFN2O4S. The van der Waals surface area contributed by atoms with Crippen molar-refractivity contribution in [3.63, 3.8) is 0 Å². The minimum absolute atomic E-state index is 0.111. The van der Waals surface area contributed by atoms with Gasteiger partial charge in [0.2, 0.25) is 10.0 Å². The summed E-state index contributed by atoms with van der Waals surface area (Å²) in [4.78, 5) is 12.1. The average Bonchev–Trinajstić information content (AvgIpc) is 2.84. The molecule has 0 radical (unpaired) electrons. The van der Waals surface area contributed by atoms with Gasteiger partial charge in [-0.15, -0.1) is 0 Å². The lowest BCUT2D eigenvalue weighted by atomic mass is 9.97. The van der Waals surface area contributed by atoms with E-state index in [1.54, 1.807) is 6.07 Å². The number of benzene rings is 3. The number of sulfonamides is 1. The molecule has 3 rings (SSSR count). The summed E-state index contributed by atoms with van der Waals surface area (Å²) in [7, 11) is -4.10. The van der Waals surface area contributed by atoms with Crippen LogP contribution in [0.1, 0.15) is 72.6 Å². The molecule has 1 atom stereocenters. The number of carboxylic acid groups (broad SMARTS) is 1. The third-order valence-corrected chi connectivity index (χ3v) is 7.60. The number of carbonyl (C=O) groups is 1. The van der Waals surface area contributed by atoms with Crippen molar-refractivity contribution in [3.05, 3.63) is 93.8 Å². The summed E-state index contributed by atoms with van der Waals surface area (Å²) in [6, 6.07) is 16.3. The van der Waals surface area contributed by atoms with Crippen molar-refractivity contribution in [2.45, 2.75) is 57.0 Å². The van der Waals surface area contributed by atoms with E-state index in [9.17, 15) is 22.7 Å². The number of nitrogens with one attached hydrogen (secondary N) is 2. The maximum atomic E-state index is 13.5. The third kappa shape index (κ3) is 6.63. The number of rotatable bonds is 11. The maximum absolute atomic E-state index is 13.5. The molecule has 3 N–H and O–H groups in total. The lowest BCUT2D eigenvalue weighted by Crippen LogP contribution is -2.25. The molecule has 192 valence electrons. The van der Waals surface area contributed by atoms with Gasteiger partial charge < -0.3 is 10.4 Å². The van der Waals surface area contributed by atoms with E-state index >= 15 is 0 Å². The summed E-state index contributed by atoms with van der Waals surface area (Å²) < 4.78 is 42.5. The Morgan fingerprint density at radius 2 is 1.78 bits per heavy atom. The van der Waals surface area contributed by atoms with Crippen LogP contribution >= 0.6 is 11.6 Å². The van der Waals surface area contributed by atoms with E-state index in [2.05, 4.69) is 10.0 Å². The van der Waals surface area contributed by atoms with Crippen molar-refractivity contribution in [2.24, 2.45) is 0 Å². The molecule has 0 fully saturated rings. The minimum atomic E-state index is -4.10. The zero-order valence-corrected chi connectivity index (χ0v) is 22.0. The number of carboxylic acids is 1. The van der Waals surface area contributed by atoms with E-state index in [4.69, 9.17) is 11.6 Å². The van der Waals surface area contributed by atoms with Crippen LogP contribution in [0.5, 0.6) is 0 Å². The van der Waals surface area contributed by atoms with Crippen LogP contribution < -0.4 is 10.0 Å². The third-order valence-electron chi connectivity index (χ3n) is 5.85. The zero-order valence-electron chi connectivity index (χ0n) is 20.4. The van der Waals surface area contributed by atoms with Crippen molar-refractivity contribution in [2.75, 3.05) is 5.32 Å². The molecule has 0 bridgehead atoms. The molecule has 6 nitrogen and oxygen atoms in total. The fourth-order valence-electron chi connectivity index (χ4n) is 3.97. The monoisotopic (exact) mass is 532 g/mol. The second-order valence-electron chi connectivity index (χ2n) is 8.86. The molecule has 0 aliphatic carbocycles. The van der Waals surface area contributed by atoms with Gasteiger partial charge in [0.05, 0.1) is 21.5 Å². The highest BCUT2D eigenvalue weighted by molar-refractivity contribution is 7.89. The van der Waals surface area contributed by atoms with Gasteiger partial charge in [0, 0.05) is 12.2 Å². The van der Waals surface area contributed by atoms with E-state index in [1.165, 1.54) is 18.2 Å². The van der Waals surface area contributed by atoms with E-state index in [1.807, 2.05) is 51.1 Å². The van der Waals surface area contributed by atoms with Gasteiger partial charge in [0.25, 0.3) is 0 Å². The average molecular weight is 533 g/mol. The highest BCUT2D eigenvalue weighted by atomic mass is 35.5. The largest absolute Gasteiger partial charge is 0.478 e. The number of aromatic carboxylic acids is 1. The van der Waals surface area contributed by atoms with Crippen molar-refractivity contribution in [3.8, 4) is 0 Å². The second-order valence-corrected chi connectivity index (χ2v) is 11.0. The normalized spacial score (nSPS) is 12.5. The molecule has 3 aromatic rings. The lowest BCUT2D eigenvalue weighted by molar-refractivity contribution is 0.0697. The van der Waals surface area contributed by atoms with E-state index in [-0.39, 0.29) is 34.0 Å². The van der Waals surface area contributed by atoms with Crippen molar-refractivity contribution in [1.82, 2.24) is 4.72 Å². The summed E-state index contributed by atoms with van der Waals surface area (Å²) in [6.45, 7) is 5.61. The van der Waals surface area contributed by atoms with Gasteiger partial charge in [-0.1, -0.05) is 75.2 Å². The molecule has 0 aromatic heterocycles. The fraction of sp³-hybridized carbons (Fsp3) is 0.296. The first-order chi connectivity index (χ1) is 17.0. The minimum Gasteiger partial charge on any atom is -0.478 e. The topological polar surface area (TPSA) is 95.5 Å². The standard InChI is InChI=1S/C27H30ClFN2O4S/c1-4-8-24(19-9-6-5-7-10-19)31-25-14-20(17(2)3)26(15-21(25)27(32)33)36(34,35)30-16-18-11-12-23(29)22(28)13-18/h5-7,9-15,17,24,30-31H,4,8,16H2,1-3H3,(H,32,33). The van der Waals surface area contributed by atoms with Crippen molar-refractivity contribution >= 4 is 33.3 Å². The van der Waals surface area contributed by atoms with E-state index in [0.717, 1.165) is 24.5 Å². The highest BCUT2D eigenvalue weighted by Gasteiger charge is 2.26. The highest BCUT2D eigenvalue weighted by Crippen LogP contribution is 2.33. The van der Waals surface area contributed by atoms with Crippen LogP contribution in [0.15, 0.2) is 65.6 Å². The van der Waals surface area contributed by atoms with E-state index in [0.29, 0.717) is 16.8 Å². The number of hydrogen-bond acceptors (Lipinski definition) is 4. The molecular weight excluding hydrogens is 503 g/mol. The molecule has 3 aromatic carbocycles. The summed E-state index contributed by atoms with van der Waals surface area (Å²) >= 11 is 5.80. The molecule has 0 aliphatic rings. The predicted octanol–water partition coefficient (Wildman–Crippen LogP) is 6.73. The van der Waals surface area contributed by atoms with Gasteiger partial charge in [-0.2, -0.15) is 0 Å². The van der Waals surface area contributed by atoms with Gasteiger partial charge in [0.1, 0.15) is 5.82 Å². The van der Waals surface area contributed by atoms with Gasteiger partial charge in [0.15, 0.2) is 0 Å². The van der Waals surface area contributed by atoms with Crippen LogP contribution in [-0.4, -0.2) is 19.5 Å². The van der Waals surface area contributed by atoms with Gasteiger partial charge in [-0.3, -0.25) is 0 Å². The quantitative estimate of drug-likeness (QED) is 0.254. The summed E-state index contributed by atoms with van der Waals surface area (Å²) in [5.41, 5.74) is 2.19. The maximum Gasteiger partial charge on any atom is 0.337 e. The zero-order chi connectivity index (χ0) is 26.5. The Bertz CT molecular complexity index is 1330. The summed E-state index contributed by atoms with van der Waals surface area (Å²) in [6.07, 6.45) is 1.64. The van der Waals surface area contributed by atoms with Crippen molar-refractivity contribution < 1.29 is 22.7 Å². The number of anilines is 1. The Balaban J connectivity index is 2.01. The first kappa shape index (κ1) is 27.6. The Labute approximate surface area is 216 Å².